The normalized spacial score (nSPS) is 10.7. The van der Waals surface area contributed by atoms with E-state index in [0.717, 1.165) is 21.5 Å². The van der Waals surface area contributed by atoms with Crippen LogP contribution in [0.15, 0.2) is 61.1 Å². The van der Waals surface area contributed by atoms with Gasteiger partial charge in [-0.15, -0.1) is 11.3 Å². The van der Waals surface area contributed by atoms with Crippen LogP contribution in [0.5, 0.6) is 0 Å². The first-order valence-electron chi connectivity index (χ1n) is 9.20. The van der Waals surface area contributed by atoms with Crippen LogP contribution in [0.2, 0.25) is 0 Å². The maximum Gasteiger partial charge on any atom is 0.261 e. The third-order valence-corrected chi connectivity index (χ3v) is 5.32. The van der Waals surface area contributed by atoms with Crippen LogP contribution in [0.25, 0.3) is 10.1 Å². The summed E-state index contributed by atoms with van der Waals surface area (Å²) >= 11 is 1.50. The Bertz CT molecular complexity index is 1110. The monoisotopic (exact) mass is 404 g/mol. The van der Waals surface area contributed by atoms with E-state index in [4.69, 9.17) is 0 Å². The number of hydrogen-bond donors (Lipinski definition) is 3. The van der Waals surface area contributed by atoms with Gasteiger partial charge < -0.3 is 16.0 Å². The van der Waals surface area contributed by atoms with E-state index in [-0.39, 0.29) is 5.91 Å². The van der Waals surface area contributed by atoms with Crippen LogP contribution in [0.1, 0.15) is 15.2 Å². The topological polar surface area (TPSA) is 91.8 Å². The van der Waals surface area contributed by atoms with Crippen LogP contribution in [-0.2, 0) is 0 Å². The fourth-order valence-electron chi connectivity index (χ4n) is 2.81. The number of carbonyl (C=O) groups excluding carboxylic acids is 1. The SMILES string of the molecule is Cc1ccnc(Nc2cc(NCCNC(=O)c3cc4ccccc4s3)ncn2)c1. The van der Waals surface area contributed by atoms with Crippen molar-refractivity contribution in [2.45, 2.75) is 6.92 Å². The zero-order valence-electron chi connectivity index (χ0n) is 15.8. The van der Waals surface area contributed by atoms with Gasteiger partial charge in [0, 0.05) is 30.1 Å². The lowest BCUT2D eigenvalue weighted by Gasteiger charge is -2.09. The van der Waals surface area contributed by atoms with E-state index >= 15 is 0 Å². The Kier molecular flexibility index (Phi) is 5.62. The number of carbonyl (C=O) groups is 1. The third-order valence-electron chi connectivity index (χ3n) is 4.20. The first-order valence-corrected chi connectivity index (χ1v) is 10.0. The second kappa shape index (κ2) is 8.66. The summed E-state index contributed by atoms with van der Waals surface area (Å²) in [5.74, 6) is 1.98. The zero-order chi connectivity index (χ0) is 20.1. The molecule has 146 valence electrons. The van der Waals surface area contributed by atoms with E-state index in [1.165, 1.54) is 17.7 Å². The Morgan fingerprint density at radius 2 is 1.79 bits per heavy atom. The molecule has 0 unspecified atom stereocenters. The van der Waals surface area contributed by atoms with Crippen molar-refractivity contribution in [3.63, 3.8) is 0 Å². The quantitative estimate of drug-likeness (QED) is 0.404. The number of aromatic nitrogens is 3. The largest absolute Gasteiger partial charge is 0.368 e. The minimum Gasteiger partial charge on any atom is -0.368 e. The number of anilines is 3. The number of nitrogens with one attached hydrogen (secondary N) is 3. The number of fused-ring (bicyclic) bond motifs is 1. The van der Waals surface area contributed by atoms with Crippen molar-refractivity contribution < 1.29 is 4.79 Å². The van der Waals surface area contributed by atoms with Crippen molar-refractivity contribution in [1.29, 1.82) is 0 Å². The fraction of sp³-hybridized carbons (Fsp3) is 0.143. The molecule has 0 saturated heterocycles. The molecule has 0 spiro atoms. The molecule has 0 saturated carbocycles. The fourth-order valence-corrected chi connectivity index (χ4v) is 3.78. The van der Waals surface area contributed by atoms with Crippen molar-refractivity contribution in [2.24, 2.45) is 0 Å². The second-order valence-electron chi connectivity index (χ2n) is 6.46. The Hall–Kier alpha value is -3.52. The Morgan fingerprint density at radius 3 is 2.66 bits per heavy atom. The summed E-state index contributed by atoms with van der Waals surface area (Å²) in [6.07, 6.45) is 3.23. The molecule has 8 heteroatoms. The summed E-state index contributed by atoms with van der Waals surface area (Å²) in [6, 6.07) is 15.6. The number of benzene rings is 1. The lowest BCUT2D eigenvalue weighted by Crippen LogP contribution is -2.28. The van der Waals surface area contributed by atoms with E-state index < -0.39 is 0 Å². The molecule has 0 aliphatic heterocycles. The highest BCUT2D eigenvalue weighted by molar-refractivity contribution is 7.20. The van der Waals surface area contributed by atoms with E-state index in [0.29, 0.717) is 29.6 Å². The summed E-state index contributed by atoms with van der Waals surface area (Å²) in [7, 11) is 0. The molecule has 0 aliphatic rings. The molecule has 4 aromatic rings. The highest BCUT2D eigenvalue weighted by Gasteiger charge is 2.09. The first-order chi connectivity index (χ1) is 14.2. The van der Waals surface area contributed by atoms with Crippen molar-refractivity contribution in [1.82, 2.24) is 20.3 Å². The van der Waals surface area contributed by atoms with Crippen LogP contribution < -0.4 is 16.0 Å². The van der Waals surface area contributed by atoms with Gasteiger partial charge in [-0.05, 0) is 42.1 Å². The molecule has 7 nitrogen and oxygen atoms in total. The maximum absolute atomic E-state index is 12.3. The average Bonchev–Trinajstić information content (AvgIpc) is 3.16. The van der Waals surface area contributed by atoms with Gasteiger partial charge in [0.25, 0.3) is 5.91 Å². The molecule has 0 fully saturated rings. The predicted octanol–water partition coefficient (Wildman–Crippen LogP) is 3.98. The van der Waals surface area contributed by atoms with Gasteiger partial charge in [-0.25, -0.2) is 15.0 Å². The van der Waals surface area contributed by atoms with Gasteiger partial charge in [-0.3, -0.25) is 4.79 Å². The minimum absolute atomic E-state index is 0.0661. The summed E-state index contributed by atoms with van der Waals surface area (Å²) in [4.78, 5) is 25.7. The molecular weight excluding hydrogens is 384 g/mol. The highest BCUT2D eigenvalue weighted by atomic mass is 32.1. The van der Waals surface area contributed by atoms with Gasteiger partial charge in [-0.1, -0.05) is 18.2 Å². The molecule has 29 heavy (non-hydrogen) atoms. The van der Waals surface area contributed by atoms with E-state index in [1.54, 1.807) is 12.3 Å². The van der Waals surface area contributed by atoms with Gasteiger partial charge in [0.05, 0.1) is 4.88 Å². The van der Waals surface area contributed by atoms with Crippen LogP contribution >= 0.6 is 11.3 Å². The Labute approximate surface area is 172 Å². The molecule has 0 atom stereocenters. The number of hydrogen-bond acceptors (Lipinski definition) is 7. The number of rotatable bonds is 7. The van der Waals surface area contributed by atoms with Crippen molar-refractivity contribution in [3.05, 3.63) is 71.5 Å². The molecule has 0 aliphatic carbocycles. The van der Waals surface area contributed by atoms with Crippen molar-refractivity contribution in [3.8, 4) is 0 Å². The smallest absolute Gasteiger partial charge is 0.261 e. The molecule has 3 N–H and O–H groups in total. The molecule has 4 rings (SSSR count). The first kappa shape index (κ1) is 18.8. The Morgan fingerprint density at radius 1 is 0.966 bits per heavy atom. The minimum atomic E-state index is -0.0661. The van der Waals surface area contributed by atoms with Gasteiger partial charge in [0.2, 0.25) is 0 Å². The maximum atomic E-state index is 12.3. The van der Waals surface area contributed by atoms with Gasteiger partial charge >= 0.3 is 0 Å². The van der Waals surface area contributed by atoms with Crippen LogP contribution in [0.4, 0.5) is 17.5 Å². The highest BCUT2D eigenvalue weighted by Crippen LogP contribution is 2.25. The van der Waals surface area contributed by atoms with E-state index in [1.807, 2.05) is 49.4 Å². The molecule has 1 amide bonds. The van der Waals surface area contributed by atoms with Crippen molar-refractivity contribution in [2.75, 3.05) is 23.7 Å². The summed E-state index contributed by atoms with van der Waals surface area (Å²) < 4.78 is 1.11. The lowest BCUT2D eigenvalue weighted by molar-refractivity contribution is 0.0959. The predicted molar refractivity (Wildman–Crippen MR) is 117 cm³/mol. The van der Waals surface area contributed by atoms with Crippen molar-refractivity contribution >= 4 is 44.8 Å². The second-order valence-corrected chi connectivity index (χ2v) is 7.55. The van der Waals surface area contributed by atoms with E-state index in [2.05, 4.69) is 30.9 Å². The van der Waals surface area contributed by atoms with Crippen LogP contribution in [-0.4, -0.2) is 33.9 Å². The zero-order valence-corrected chi connectivity index (χ0v) is 16.7. The molecule has 0 radical (unpaired) electrons. The lowest BCUT2D eigenvalue weighted by atomic mass is 10.2. The molecule has 1 aromatic carbocycles. The molecular formula is C21H20N6OS. The number of pyridine rings is 1. The van der Waals surface area contributed by atoms with Crippen LogP contribution in [0, 0.1) is 6.92 Å². The molecule has 3 aromatic heterocycles. The van der Waals surface area contributed by atoms with Gasteiger partial charge in [-0.2, -0.15) is 0 Å². The van der Waals surface area contributed by atoms with E-state index in [9.17, 15) is 4.79 Å². The summed E-state index contributed by atoms with van der Waals surface area (Å²) in [5, 5.41) is 10.4. The molecule has 0 bridgehead atoms. The van der Waals surface area contributed by atoms with Gasteiger partial charge in [0.15, 0.2) is 0 Å². The number of amides is 1. The number of thiophene rings is 1. The number of nitrogens with zero attached hydrogens (tertiary/aromatic N) is 3. The van der Waals surface area contributed by atoms with Gasteiger partial charge in [0.1, 0.15) is 23.8 Å². The standard InChI is InChI=1S/C21H20N6OS/c1-14-6-7-22-19(10-14)27-20-12-18(25-13-26-20)23-8-9-24-21(28)17-11-15-4-2-3-5-16(15)29-17/h2-7,10-13H,8-9H2,1H3,(H,24,28)(H2,22,23,25,26,27). The van der Waals surface area contributed by atoms with Crippen LogP contribution in [0.3, 0.4) is 0 Å². The molecule has 3 heterocycles. The average molecular weight is 404 g/mol. The summed E-state index contributed by atoms with van der Waals surface area (Å²) in [6.45, 7) is 3.04. The summed E-state index contributed by atoms with van der Waals surface area (Å²) in [5.41, 5.74) is 1.12. The Balaban J connectivity index is 1.28. The number of aryl methyl sites for hydroxylation is 1. The third kappa shape index (κ3) is 4.85.